The summed E-state index contributed by atoms with van der Waals surface area (Å²) in [6, 6.07) is 0. The number of halogens is 2. The van der Waals surface area contributed by atoms with Crippen LogP contribution in [0.4, 0.5) is 0 Å². The summed E-state index contributed by atoms with van der Waals surface area (Å²) >= 11 is 10.8. The molecule has 0 aromatic carbocycles. The molecule has 1 aliphatic rings. The minimum Gasteiger partial charge on any atom is -0.396 e. The van der Waals surface area contributed by atoms with Crippen LogP contribution in [0.1, 0.15) is 105 Å². The van der Waals surface area contributed by atoms with E-state index < -0.39 is 6.10 Å². The Bertz CT molecular complexity index is 344. The first-order valence-electron chi connectivity index (χ1n) is 13.1. The molecule has 0 bridgehead atoms. The molecule has 1 rings (SSSR count). The lowest BCUT2D eigenvalue weighted by Crippen LogP contribution is -2.20. The molecule has 1 fully saturated rings. The number of hydrogen-bond acceptors (Lipinski definition) is 4. The van der Waals surface area contributed by atoms with Crippen molar-refractivity contribution in [1.82, 2.24) is 0 Å². The SMILES string of the molecule is CCCCCC(CCC)COCC(O)CCl.CCCCCC(CO)CCC.ClCC1CO1. The van der Waals surface area contributed by atoms with E-state index in [0.29, 0.717) is 37.0 Å². The molecule has 0 radical (unpaired) electrons. The molecule has 4 nitrogen and oxygen atoms in total. The second-order valence-corrected chi connectivity index (χ2v) is 9.56. The Morgan fingerprint density at radius 1 is 0.812 bits per heavy atom. The van der Waals surface area contributed by atoms with Gasteiger partial charge in [0.2, 0.25) is 0 Å². The summed E-state index contributed by atoms with van der Waals surface area (Å²) in [5.41, 5.74) is 0. The van der Waals surface area contributed by atoms with Crippen LogP contribution >= 0.6 is 23.2 Å². The van der Waals surface area contributed by atoms with Crippen molar-refractivity contribution in [2.24, 2.45) is 11.8 Å². The summed E-state index contributed by atoms with van der Waals surface area (Å²) in [4.78, 5) is 0. The van der Waals surface area contributed by atoms with Gasteiger partial charge in [-0.05, 0) is 37.5 Å². The zero-order chi connectivity index (χ0) is 24.5. The zero-order valence-electron chi connectivity index (χ0n) is 21.5. The molecule has 0 aromatic heterocycles. The van der Waals surface area contributed by atoms with Gasteiger partial charge in [-0.1, -0.05) is 79.1 Å². The zero-order valence-corrected chi connectivity index (χ0v) is 23.0. The molecule has 0 saturated carbocycles. The molecule has 0 amide bonds. The van der Waals surface area contributed by atoms with E-state index >= 15 is 0 Å². The van der Waals surface area contributed by atoms with Gasteiger partial charge < -0.3 is 19.7 Å². The molecule has 0 aromatic rings. The Balaban J connectivity index is 0. The van der Waals surface area contributed by atoms with Crippen LogP contribution in [-0.4, -0.2) is 60.6 Å². The van der Waals surface area contributed by atoms with Gasteiger partial charge in [-0.2, -0.15) is 0 Å². The Kier molecular flexibility index (Phi) is 29.9. The Morgan fingerprint density at radius 2 is 1.34 bits per heavy atom. The molecule has 1 saturated heterocycles. The second kappa shape index (κ2) is 27.7. The maximum Gasteiger partial charge on any atom is 0.0944 e. The molecular formula is C26H54Cl2O4. The standard InChI is InChI=1S/C13H27ClO2.C10H22O.C3H5ClO/c1-3-5-6-8-12(7-4-2)10-16-11-13(15)9-14;1-3-5-6-8-10(9-11)7-4-2;4-1-3-2-5-3/h12-13,15H,3-11H2,1-2H3;10-11H,3-9H2,1-2H3;3H,1-2H2. The van der Waals surface area contributed by atoms with Gasteiger partial charge in [-0.25, -0.2) is 0 Å². The molecule has 1 heterocycles. The number of aliphatic hydroxyl groups excluding tert-OH is 2. The van der Waals surface area contributed by atoms with Crippen molar-refractivity contribution in [3.8, 4) is 0 Å². The number of aliphatic hydroxyl groups is 2. The molecule has 4 atom stereocenters. The number of alkyl halides is 2. The van der Waals surface area contributed by atoms with Crippen molar-refractivity contribution in [2.45, 2.75) is 117 Å². The van der Waals surface area contributed by atoms with Crippen molar-refractivity contribution in [3.63, 3.8) is 0 Å². The maximum absolute atomic E-state index is 9.26. The highest BCUT2D eigenvalue weighted by Crippen LogP contribution is 2.16. The monoisotopic (exact) mass is 500 g/mol. The van der Waals surface area contributed by atoms with Gasteiger partial charge in [-0.15, -0.1) is 23.2 Å². The summed E-state index contributed by atoms with van der Waals surface area (Å²) in [5.74, 6) is 2.15. The van der Waals surface area contributed by atoms with E-state index in [1.165, 1.54) is 77.0 Å². The topological polar surface area (TPSA) is 62.2 Å². The number of epoxide rings is 1. The summed E-state index contributed by atoms with van der Waals surface area (Å²) in [5, 5.41) is 18.2. The molecule has 0 aliphatic carbocycles. The van der Waals surface area contributed by atoms with Crippen molar-refractivity contribution in [1.29, 1.82) is 0 Å². The highest BCUT2D eigenvalue weighted by atomic mass is 35.5. The minimum absolute atomic E-state index is 0.258. The number of unbranched alkanes of at least 4 members (excludes halogenated alkanes) is 4. The molecular weight excluding hydrogens is 447 g/mol. The lowest BCUT2D eigenvalue weighted by molar-refractivity contribution is 0.0273. The third kappa shape index (κ3) is 26.7. The summed E-state index contributed by atoms with van der Waals surface area (Å²) in [7, 11) is 0. The molecule has 2 N–H and O–H groups in total. The van der Waals surface area contributed by atoms with Crippen molar-refractivity contribution >= 4 is 23.2 Å². The first kappa shape index (κ1) is 34.6. The minimum atomic E-state index is -0.514. The third-order valence-corrected chi connectivity index (χ3v) is 6.20. The molecule has 196 valence electrons. The highest BCUT2D eigenvalue weighted by Gasteiger charge is 2.19. The number of rotatable bonds is 19. The van der Waals surface area contributed by atoms with Gasteiger partial charge in [0, 0.05) is 13.2 Å². The smallest absolute Gasteiger partial charge is 0.0944 e. The van der Waals surface area contributed by atoms with E-state index in [4.69, 9.17) is 37.8 Å². The van der Waals surface area contributed by atoms with Gasteiger partial charge in [0.1, 0.15) is 0 Å². The van der Waals surface area contributed by atoms with Crippen LogP contribution < -0.4 is 0 Å². The molecule has 1 aliphatic heterocycles. The van der Waals surface area contributed by atoms with Gasteiger partial charge in [-0.3, -0.25) is 0 Å². The fourth-order valence-corrected chi connectivity index (χ4v) is 3.66. The van der Waals surface area contributed by atoms with Crippen LogP contribution in [0.5, 0.6) is 0 Å². The summed E-state index contributed by atoms with van der Waals surface area (Å²) in [6.07, 6.45) is 15.0. The fourth-order valence-electron chi connectivity index (χ4n) is 3.39. The van der Waals surface area contributed by atoms with Gasteiger partial charge in [0.15, 0.2) is 0 Å². The Morgan fingerprint density at radius 3 is 1.72 bits per heavy atom. The molecule has 32 heavy (non-hydrogen) atoms. The molecule has 4 unspecified atom stereocenters. The van der Waals surface area contributed by atoms with Crippen LogP contribution in [0.2, 0.25) is 0 Å². The average molecular weight is 502 g/mol. The first-order valence-corrected chi connectivity index (χ1v) is 14.2. The highest BCUT2D eigenvalue weighted by molar-refractivity contribution is 6.18. The Hall–Kier alpha value is 0.420. The van der Waals surface area contributed by atoms with E-state index in [1.54, 1.807) is 0 Å². The fraction of sp³-hybridized carbons (Fsp3) is 1.00. The number of hydrogen-bond donors (Lipinski definition) is 2. The van der Waals surface area contributed by atoms with Gasteiger partial charge >= 0.3 is 0 Å². The van der Waals surface area contributed by atoms with Crippen LogP contribution in [-0.2, 0) is 9.47 Å². The van der Waals surface area contributed by atoms with Crippen molar-refractivity contribution in [3.05, 3.63) is 0 Å². The van der Waals surface area contributed by atoms with Crippen molar-refractivity contribution < 1.29 is 19.7 Å². The van der Waals surface area contributed by atoms with E-state index in [9.17, 15) is 5.11 Å². The normalized spacial score (nSPS) is 17.4. The van der Waals surface area contributed by atoms with Crippen LogP contribution in [0, 0.1) is 11.8 Å². The lowest BCUT2D eigenvalue weighted by atomic mass is 9.97. The molecule has 0 spiro atoms. The number of ether oxygens (including phenoxy) is 2. The van der Waals surface area contributed by atoms with Crippen LogP contribution in [0.25, 0.3) is 0 Å². The third-order valence-electron chi connectivity index (χ3n) is 5.50. The predicted molar refractivity (Wildman–Crippen MR) is 140 cm³/mol. The van der Waals surface area contributed by atoms with E-state index in [-0.39, 0.29) is 5.88 Å². The molecule has 6 heteroatoms. The summed E-state index contributed by atoms with van der Waals surface area (Å²) in [6.45, 7) is 11.2. The Labute approximate surface area is 209 Å². The van der Waals surface area contributed by atoms with E-state index in [1.807, 2.05) is 0 Å². The largest absolute Gasteiger partial charge is 0.396 e. The average Bonchev–Trinajstić information content (AvgIpc) is 3.64. The van der Waals surface area contributed by atoms with E-state index in [0.717, 1.165) is 13.2 Å². The summed E-state index contributed by atoms with van der Waals surface area (Å²) < 4.78 is 10.2. The van der Waals surface area contributed by atoms with Crippen molar-refractivity contribution in [2.75, 3.05) is 38.2 Å². The van der Waals surface area contributed by atoms with Crippen LogP contribution in [0.15, 0.2) is 0 Å². The second-order valence-electron chi connectivity index (χ2n) is 8.94. The lowest BCUT2D eigenvalue weighted by Gasteiger charge is -2.17. The van der Waals surface area contributed by atoms with E-state index in [2.05, 4.69) is 27.7 Å². The van der Waals surface area contributed by atoms with Crippen LogP contribution in [0.3, 0.4) is 0 Å². The van der Waals surface area contributed by atoms with Gasteiger partial charge in [0.05, 0.1) is 37.2 Å². The predicted octanol–water partition coefficient (Wildman–Crippen LogP) is 7.20. The first-order chi connectivity index (χ1) is 15.5. The quantitative estimate of drug-likeness (QED) is 0.112. The van der Waals surface area contributed by atoms with Gasteiger partial charge in [0.25, 0.3) is 0 Å². The maximum atomic E-state index is 9.26.